The maximum Gasteiger partial charge on any atom is 0.272 e. The average molecular weight is 483 g/mol. The first kappa shape index (κ1) is 23.2. The molecule has 0 aliphatic carbocycles. The summed E-state index contributed by atoms with van der Waals surface area (Å²) in [5.41, 5.74) is 3.02. The van der Waals surface area contributed by atoms with Gasteiger partial charge in [0.15, 0.2) is 0 Å². The van der Waals surface area contributed by atoms with Crippen molar-refractivity contribution >= 4 is 43.2 Å². The van der Waals surface area contributed by atoms with Crippen molar-refractivity contribution in [2.24, 2.45) is 7.05 Å². The maximum absolute atomic E-state index is 12.8. The lowest BCUT2D eigenvalue weighted by atomic mass is 10.1. The number of rotatable bonds is 8. The summed E-state index contributed by atoms with van der Waals surface area (Å²) in [5.74, 6) is -0.364. The fraction of sp³-hybridized carbons (Fsp3) is 0.250. The van der Waals surface area contributed by atoms with Crippen LogP contribution in [0.2, 0.25) is 0 Å². The van der Waals surface area contributed by atoms with Gasteiger partial charge in [-0.25, -0.2) is 13.4 Å². The number of anilines is 1. The molecular formula is C24H26N4O3S2. The molecule has 7 nitrogen and oxygen atoms in total. The molecule has 0 aliphatic heterocycles. The minimum absolute atomic E-state index is 0.116. The Morgan fingerprint density at radius 3 is 2.45 bits per heavy atom. The summed E-state index contributed by atoms with van der Waals surface area (Å²) in [5, 5.41) is 3.89. The molecule has 2 heterocycles. The molecule has 0 fully saturated rings. The van der Waals surface area contributed by atoms with Crippen molar-refractivity contribution in [3.63, 3.8) is 0 Å². The minimum atomic E-state index is -3.63. The topological polar surface area (TPSA) is 84.3 Å². The van der Waals surface area contributed by atoms with E-state index >= 15 is 0 Å². The van der Waals surface area contributed by atoms with Gasteiger partial charge >= 0.3 is 0 Å². The van der Waals surface area contributed by atoms with Crippen LogP contribution in [0.5, 0.6) is 0 Å². The van der Waals surface area contributed by atoms with Gasteiger partial charge in [-0.3, -0.25) is 4.79 Å². The van der Waals surface area contributed by atoms with E-state index in [1.165, 1.54) is 25.8 Å². The summed E-state index contributed by atoms with van der Waals surface area (Å²) in [6.07, 6.45) is 2.20. The van der Waals surface area contributed by atoms with E-state index in [1.807, 2.05) is 42.5 Å². The molecule has 0 saturated carbocycles. The zero-order valence-electron chi connectivity index (χ0n) is 18.8. The monoisotopic (exact) mass is 482 g/mol. The Bertz CT molecular complexity index is 1350. The number of aromatic nitrogens is 2. The number of amides is 1. The van der Waals surface area contributed by atoms with Crippen LogP contribution in [-0.4, -0.2) is 41.3 Å². The molecule has 0 atom stereocenters. The number of fused-ring (bicyclic) bond motifs is 1. The number of carbonyl (C=O) groups excluding carboxylic acids is 1. The quantitative estimate of drug-likeness (QED) is 0.401. The van der Waals surface area contributed by atoms with Crippen LogP contribution in [0, 0.1) is 0 Å². The maximum atomic E-state index is 12.8. The standard InChI is InChI=1S/C24H26N4O3S2/c1-4-28(5-2)33(30,31)19-15-21(27(3)16-19)24(29)25-18-12-10-17(11-13-18)14-23-26-20-8-6-7-9-22(20)32-23/h6-13,15-16H,4-5,14H2,1-3H3,(H,25,29). The number of hydrogen-bond acceptors (Lipinski definition) is 5. The van der Waals surface area contributed by atoms with E-state index in [4.69, 9.17) is 0 Å². The lowest BCUT2D eigenvalue weighted by Crippen LogP contribution is -2.30. The molecule has 0 unspecified atom stereocenters. The summed E-state index contributed by atoms with van der Waals surface area (Å²) in [6, 6.07) is 17.1. The van der Waals surface area contributed by atoms with Crippen LogP contribution >= 0.6 is 11.3 Å². The van der Waals surface area contributed by atoms with E-state index in [9.17, 15) is 13.2 Å². The fourth-order valence-corrected chi connectivity index (χ4v) is 6.22. The van der Waals surface area contributed by atoms with E-state index in [0.29, 0.717) is 18.8 Å². The third-order valence-electron chi connectivity index (χ3n) is 5.46. The van der Waals surface area contributed by atoms with Crippen LogP contribution in [0.25, 0.3) is 10.2 Å². The van der Waals surface area contributed by atoms with Crippen LogP contribution in [0.3, 0.4) is 0 Å². The van der Waals surface area contributed by atoms with Crippen LogP contribution in [0.4, 0.5) is 5.69 Å². The van der Waals surface area contributed by atoms with E-state index < -0.39 is 10.0 Å². The number of hydrogen-bond donors (Lipinski definition) is 1. The highest BCUT2D eigenvalue weighted by atomic mass is 32.2. The second kappa shape index (κ2) is 9.46. The van der Waals surface area contributed by atoms with Gasteiger partial charge in [0.25, 0.3) is 5.91 Å². The first-order valence-corrected chi connectivity index (χ1v) is 13.0. The number of thiazole rings is 1. The van der Waals surface area contributed by atoms with Gasteiger partial charge in [-0.05, 0) is 35.9 Å². The van der Waals surface area contributed by atoms with Crippen molar-refractivity contribution in [1.29, 1.82) is 0 Å². The van der Waals surface area contributed by atoms with Crippen molar-refractivity contribution in [1.82, 2.24) is 13.9 Å². The molecule has 1 amide bonds. The van der Waals surface area contributed by atoms with Crippen molar-refractivity contribution in [2.75, 3.05) is 18.4 Å². The number of aryl methyl sites for hydroxylation is 1. The molecule has 33 heavy (non-hydrogen) atoms. The van der Waals surface area contributed by atoms with E-state index in [2.05, 4.69) is 16.4 Å². The smallest absolute Gasteiger partial charge is 0.272 e. The van der Waals surface area contributed by atoms with E-state index in [1.54, 1.807) is 32.2 Å². The summed E-state index contributed by atoms with van der Waals surface area (Å²) in [4.78, 5) is 17.6. The number of carbonyl (C=O) groups is 1. The van der Waals surface area contributed by atoms with Crippen LogP contribution in [-0.2, 0) is 23.5 Å². The Hall–Kier alpha value is -3.01. The molecule has 4 rings (SSSR count). The summed E-state index contributed by atoms with van der Waals surface area (Å²) >= 11 is 1.68. The predicted molar refractivity (Wildman–Crippen MR) is 132 cm³/mol. The van der Waals surface area contributed by atoms with Gasteiger partial charge in [0.2, 0.25) is 10.0 Å². The third kappa shape index (κ3) is 4.85. The molecule has 0 saturated heterocycles. The molecule has 9 heteroatoms. The summed E-state index contributed by atoms with van der Waals surface area (Å²) in [6.45, 7) is 4.33. The van der Waals surface area contributed by atoms with Gasteiger partial charge < -0.3 is 9.88 Å². The number of para-hydroxylation sites is 1. The largest absolute Gasteiger partial charge is 0.345 e. The first-order valence-electron chi connectivity index (χ1n) is 10.7. The Labute approximate surface area is 197 Å². The fourth-order valence-electron chi connectivity index (χ4n) is 3.68. The molecule has 0 spiro atoms. The van der Waals surface area contributed by atoms with Gasteiger partial charge in [0, 0.05) is 38.4 Å². The van der Waals surface area contributed by atoms with Crippen LogP contribution < -0.4 is 5.32 Å². The Balaban J connectivity index is 1.46. The van der Waals surface area contributed by atoms with Gasteiger partial charge in [0.1, 0.15) is 10.6 Å². The predicted octanol–water partition coefficient (Wildman–Crippen LogP) is 4.51. The van der Waals surface area contributed by atoms with Gasteiger partial charge in [-0.2, -0.15) is 4.31 Å². The zero-order chi connectivity index (χ0) is 23.6. The lowest BCUT2D eigenvalue weighted by Gasteiger charge is -2.17. The molecule has 1 N–H and O–H groups in total. The highest BCUT2D eigenvalue weighted by Gasteiger charge is 2.25. The molecule has 172 valence electrons. The summed E-state index contributed by atoms with van der Waals surface area (Å²) < 4.78 is 29.6. The van der Waals surface area contributed by atoms with Crippen LogP contribution in [0.15, 0.2) is 65.7 Å². The molecular weight excluding hydrogens is 456 g/mol. The lowest BCUT2D eigenvalue weighted by molar-refractivity contribution is 0.101. The average Bonchev–Trinajstić information content (AvgIpc) is 3.39. The molecule has 0 bridgehead atoms. The number of nitrogens with zero attached hydrogens (tertiary/aromatic N) is 3. The second-order valence-corrected chi connectivity index (χ2v) is 10.7. The number of benzene rings is 2. The normalized spacial score (nSPS) is 11.9. The molecule has 4 aromatic rings. The van der Waals surface area contributed by atoms with Crippen LogP contribution in [0.1, 0.15) is 34.9 Å². The minimum Gasteiger partial charge on any atom is -0.345 e. The highest BCUT2D eigenvalue weighted by molar-refractivity contribution is 7.89. The molecule has 0 aliphatic rings. The molecule has 0 radical (unpaired) electrons. The van der Waals surface area contributed by atoms with Gasteiger partial charge in [-0.15, -0.1) is 11.3 Å². The van der Waals surface area contributed by atoms with Gasteiger partial charge in [0.05, 0.1) is 15.2 Å². The first-order chi connectivity index (χ1) is 15.8. The third-order valence-corrected chi connectivity index (χ3v) is 8.51. The van der Waals surface area contributed by atoms with Crippen molar-refractivity contribution in [3.8, 4) is 0 Å². The number of nitrogens with one attached hydrogen (secondary N) is 1. The zero-order valence-corrected chi connectivity index (χ0v) is 20.4. The Morgan fingerprint density at radius 1 is 1.09 bits per heavy atom. The Kier molecular flexibility index (Phi) is 6.64. The number of sulfonamides is 1. The Morgan fingerprint density at radius 2 is 1.79 bits per heavy atom. The van der Waals surface area contributed by atoms with E-state index in [0.717, 1.165) is 22.5 Å². The van der Waals surface area contributed by atoms with Crippen molar-refractivity contribution < 1.29 is 13.2 Å². The van der Waals surface area contributed by atoms with Crippen molar-refractivity contribution in [2.45, 2.75) is 25.2 Å². The van der Waals surface area contributed by atoms with Gasteiger partial charge in [-0.1, -0.05) is 38.1 Å². The second-order valence-electron chi connectivity index (χ2n) is 7.66. The SMILES string of the molecule is CCN(CC)S(=O)(=O)c1cc(C(=O)Nc2ccc(Cc3nc4ccccc4s3)cc2)n(C)c1. The highest BCUT2D eigenvalue weighted by Crippen LogP contribution is 2.24. The van der Waals surface area contributed by atoms with Crippen molar-refractivity contribution in [3.05, 3.63) is 77.1 Å². The summed E-state index contributed by atoms with van der Waals surface area (Å²) in [7, 11) is -1.96. The van der Waals surface area contributed by atoms with E-state index in [-0.39, 0.29) is 16.5 Å². The molecule has 2 aromatic carbocycles. The molecule has 2 aromatic heterocycles.